The SMILES string of the molecule is CCCC1CCC(c2ccc(-c3ccc(Br)c(C(F)F)c3F)cc2)CC1. The first kappa shape index (κ1) is 19.5. The molecule has 0 N–H and O–H groups in total. The lowest BCUT2D eigenvalue weighted by molar-refractivity contribution is 0.145. The second-order valence-electron chi connectivity index (χ2n) is 7.25. The second kappa shape index (κ2) is 8.60. The summed E-state index contributed by atoms with van der Waals surface area (Å²) in [6.45, 7) is 2.24. The Balaban J connectivity index is 1.78. The number of alkyl halides is 2. The molecule has 1 aliphatic carbocycles. The minimum Gasteiger partial charge on any atom is -0.206 e. The predicted octanol–water partition coefficient (Wildman–Crippen LogP) is 8.27. The molecule has 0 unspecified atom stereocenters. The zero-order chi connectivity index (χ0) is 18.7. The van der Waals surface area contributed by atoms with Crippen LogP contribution in [0.5, 0.6) is 0 Å². The molecule has 1 fully saturated rings. The van der Waals surface area contributed by atoms with E-state index in [0.717, 1.165) is 5.92 Å². The highest BCUT2D eigenvalue weighted by Crippen LogP contribution is 2.39. The van der Waals surface area contributed by atoms with Gasteiger partial charge in [0, 0.05) is 10.0 Å². The Bertz CT molecular complexity index is 732. The van der Waals surface area contributed by atoms with Crippen LogP contribution >= 0.6 is 15.9 Å². The van der Waals surface area contributed by atoms with Gasteiger partial charge < -0.3 is 0 Å². The molecule has 0 radical (unpaired) electrons. The molecule has 0 heterocycles. The molecule has 26 heavy (non-hydrogen) atoms. The van der Waals surface area contributed by atoms with Crippen molar-refractivity contribution in [2.75, 3.05) is 0 Å². The average molecular weight is 425 g/mol. The molecule has 1 aliphatic rings. The summed E-state index contributed by atoms with van der Waals surface area (Å²) in [4.78, 5) is 0. The highest BCUT2D eigenvalue weighted by atomic mass is 79.9. The van der Waals surface area contributed by atoms with Crippen LogP contribution in [0.3, 0.4) is 0 Å². The Hall–Kier alpha value is -1.29. The van der Waals surface area contributed by atoms with E-state index in [1.165, 1.54) is 50.2 Å². The van der Waals surface area contributed by atoms with Crippen molar-refractivity contribution >= 4 is 15.9 Å². The third kappa shape index (κ3) is 4.16. The van der Waals surface area contributed by atoms with Gasteiger partial charge in [-0.05, 0) is 54.7 Å². The van der Waals surface area contributed by atoms with Crippen molar-refractivity contribution in [3.63, 3.8) is 0 Å². The van der Waals surface area contributed by atoms with Gasteiger partial charge in [0.25, 0.3) is 6.43 Å². The maximum absolute atomic E-state index is 14.5. The predicted molar refractivity (Wildman–Crippen MR) is 104 cm³/mol. The molecule has 140 valence electrons. The van der Waals surface area contributed by atoms with Crippen LogP contribution in [0.2, 0.25) is 0 Å². The highest BCUT2D eigenvalue weighted by molar-refractivity contribution is 9.10. The highest BCUT2D eigenvalue weighted by Gasteiger charge is 2.23. The Labute approximate surface area is 161 Å². The normalized spacial score (nSPS) is 20.5. The summed E-state index contributed by atoms with van der Waals surface area (Å²) in [6.07, 6.45) is 4.68. The molecule has 0 nitrogen and oxygen atoms in total. The Morgan fingerprint density at radius 2 is 1.65 bits per heavy atom. The summed E-state index contributed by atoms with van der Waals surface area (Å²) in [5.74, 6) is 0.575. The standard InChI is InChI=1S/C22H24BrF3/c1-2-3-14-4-6-15(7-5-14)16-8-10-17(11-9-16)18-12-13-19(23)20(21(18)24)22(25)26/h8-15,22H,2-7H2,1H3. The minimum absolute atomic E-state index is 0.106. The van der Waals surface area contributed by atoms with Crippen LogP contribution in [0.25, 0.3) is 11.1 Å². The van der Waals surface area contributed by atoms with Crippen LogP contribution in [0.1, 0.15) is 68.9 Å². The molecule has 0 amide bonds. The van der Waals surface area contributed by atoms with Crippen LogP contribution < -0.4 is 0 Å². The molecule has 0 atom stereocenters. The Morgan fingerprint density at radius 1 is 1.00 bits per heavy atom. The summed E-state index contributed by atoms with van der Waals surface area (Å²) in [5.41, 5.74) is 1.57. The zero-order valence-electron chi connectivity index (χ0n) is 15.0. The smallest absolute Gasteiger partial charge is 0.206 e. The quantitative estimate of drug-likeness (QED) is 0.452. The molecule has 4 heteroatoms. The second-order valence-corrected chi connectivity index (χ2v) is 8.11. The van der Waals surface area contributed by atoms with Crippen molar-refractivity contribution in [2.24, 2.45) is 5.92 Å². The van der Waals surface area contributed by atoms with E-state index in [1.807, 2.05) is 24.3 Å². The monoisotopic (exact) mass is 424 g/mol. The van der Waals surface area contributed by atoms with Gasteiger partial charge in [0.15, 0.2) is 0 Å². The molecule has 3 rings (SSSR count). The van der Waals surface area contributed by atoms with Crippen LogP contribution in [0.15, 0.2) is 40.9 Å². The molecule has 1 saturated carbocycles. The van der Waals surface area contributed by atoms with Gasteiger partial charge in [-0.1, -0.05) is 66.0 Å². The maximum atomic E-state index is 14.5. The van der Waals surface area contributed by atoms with Crippen LogP contribution in [-0.2, 0) is 0 Å². The zero-order valence-corrected chi connectivity index (χ0v) is 16.5. The number of halogens is 4. The molecular formula is C22H24BrF3. The molecular weight excluding hydrogens is 401 g/mol. The first-order chi connectivity index (χ1) is 12.5. The van der Waals surface area contributed by atoms with Gasteiger partial charge in [-0.2, -0.15) is 0 Å². The summed E-state index contributed by atoms with van der Waals surface area (Å²) >= 11 is 3.01. The third-order valence-electron chi connectivity index (χ3n) is 5.58. The van der Waals surface area contributed by atoms with Crippen LogP contribution in [0.4, 0.5) is 13.2 Å². The molecule has 0 saturated heterocycles. The van der Waals surface area contributed by atoms with Crippen molar-refractivity contribution < 1.29 is 13.2 Å². The van der Waals surface area contributed by atoms with E-state index in [-0.39, 0.29) is 10.0 Å². The molecule has 0 spiro atoms. The van der Waals surface area contributed by atoms with E-state index in [2.05, 4.69) is 22.9 Å². The summed E-state index contributed by atoms with van der Waals surface area (Å²) in [7, 11) is 0. The lowest BCUT2D eigenvalue weighted by atomic mass is 9.77. The molecule has 2 aromatic rings. The van der Waals surface area contributed by atoms with E-state index in [1.54, 1.807) is 6.07 Å². The Morgan fingerprint density at radius 3 is 2.23 bits per heavy atom. The number of hydrogen-bond donors (Lipinski definition) is 0. The molecule has 0 aliphatic heterocycles. The van der Waals surface area contributed by atoms with Gasteiger partial charge in [0.1, 0.15) is 5.82 Å². The largest absolute Gasteiger partial charge is 0.267 e. The maximum Gasteiger partial charge on any atom is 0.267 e. The van der Waals surface area contributed by atoms with Crippen molar-refractivity contribution in [2.45, 2.75) is 57.8 Å². The van der Waals surface area contributed by atoms with Crippen molar-refractivity contribution in [3.8, 4) is 11.1 Å². The number of hydrogen-bond acceptors (Lipinski definition) is 0. The van der Waals surface area contributed by atoms with E-state index in [9.17, 15) is 13.2 Å². The fourth-order valence-corrected chi connectivity index (χ4v) is 4.60. The van der Waals surface area contributed by atoms with E-state index in [0.29, 0.717) is 11.5 Å². The third-order valence-corrected chi connectivity index (χ3v) is 6.27. The van der Waals surface area contributed by atoms with Crippen molar-refractivity contribution in [1.29, 1.82) is 0 Å². The van der Waals surface area contributed by atoms with Crippen molar-refractivity contribution in [1.82, 2.24) is 0 Å². The summed E-state index contributed by atoms with van der Waals surface area (Å²) in [6, 6.07) is 10.8. The van der Waals surface area contributed by atoms with E-state index >= 15 is 0 Å². The van der Waals surface area contributed by atoms with Gasteiger partial charge in [0.2, 0.25) is 0 Å². The first-order valence-electron chi connectivity index (χ1n) is 9.37. The first-order valence-corrected chi connectivity index (χ1v) is 10.2. The van der Waals surface area contributed by atoms with E-state index < -0.39 is 17.8 Å². The number of rotatable bonds is 5. The van der Waals surface area contributed by atoms with Gasteiger partial charge in [-0.15, -0.1) is 0 Å². The topological polar surface area (TPSA) is 0 Å². The van der Waals surface area contributed by atoms with Gasteiger partial charge in [-0.3, -0.25) is 0 Å². The average Bonchev–Trinajstić information content (AvgIpc) is 2.63. The van der Waals surface area contributed by atoms with Crippen LogP contribution in [0, 0.1) is 11.7 Å². The lowest BCUT2D eigenvalue weighted by Crippen LogP contribution is -2.13. The molecule has 2 aromatic carbocycles. The lowest BCUT2D eigenvalue weighted by Gasteiger charge is -2.28. The van der Waals surface area contributed by atoms with Gasteiger partial charge >= 0.3 is 0 Å². The minimum atomic E-state index is -2.85. The fourth-order valence-electron chi connectivity index (χ4n) is 4.12. The van der Waals surface area contributed by atoms with Crippen molar-refractivity contribution in [3.05, 3.63) is 57.8 Å². The fraction of sp³-hybridized carbons (Fsp3) is 0.455. The van der Waals surface area contributed by atoms with E-state index in [4.69, 9.17) is 0 Å². The van der Waals surface area contributed by atoms with Gasteiger partial charge in [-0.25, -0.2) is 13.2 Å². The van der Waals surface area contributed by atoms with Crippen LogP contribution in [-0.4, -0.2) is 0 Å². The summed E-state index contributed by atoms with van der Waals surface area (Å²) < 4.78 is 40.9. The summed E-state index contributed by atoms with van der Waals surface area (Å²) in [5, 5.41) is 0. The molecule has 0 aromatic heterocycles. The Kier molecular flexibility index (Phi) is 6.44. The van der Waals surface area contributed by atoms with Gasteiger partial charge in [0.05, 0.1) is 5.56 Å². The number of benzene rings is 2. The molecule has 0 bridgehead atoms.